The molecule has 1 fully saturated rings. The van der Waals surface area contributed by atoms with Crippen molar-refractivity contribution in [2.75, 3.05) is 13.1 Å². The first-order valence-corrected chi connectivity index (χ1v) is 6.90. The molecule has 1 saturated heterocycles. The number of carboxylic acid groups (broad SMARTS) is 1. The van der Waals surface area contributed by atoms with Crippen molar-refractivity contribution in [3.8, 4) is 0 Å². The van der Waals surface area contributed by atoms with E-state index in [9.17, 15) is 14.7 Å². The number of carbonyl (C=O) groups excluding carboxylic acids is 1. The van der Waals surface area contributed by atoms with Crippen molar-refractivity contribution in [2.45, 2.75) is 52.9 Å². The van der Waals surface area contributed by atoms with E-state index in [-0.39, 0.29) is 5.91 Å². The third kappa shape index (κ3) is 3.72. The van der Waals surface area contributed by atoms with Crippen LogP contribution in [-0.4, -0.2) is 35.0 Å². The van der Waals surface area contributed by atoms with Gasteiger partial charge in [-0.15, -0.1) is 0 Å². The maximum atomic E-state index is 12.1. The lowest BCUT2D eigenvalue weighted by Crippen LogP contribution is -2.48. The summed E-state index contributed by atoms with van der Waals surface area (Å²) in [6, 6.07) is 0. The average molecular weight is 255 g/mol. The molecule has 0 aromatic carbocycles. The molecule has 0 radical (unpaired) electrons. The van der Waals surface area contributed by atoms with Crippen molar-refractivity contribution in [3.05, 3.63) is 0 Å². The Bertz CT molecular complexity index is 316. The number of aliphatic carboxylic acids is 1. The molecule has 104 valence electrons. The van der Waals surface area contributed by atoms with Crippen molar-refractivity contribution in [1.29, 1.82) is 0 Å². The Hall–Kier alpha value is -1.06. The average Bonchev–Trinajstić information content (AvgIpc) is 2.29. The Morgan fingerprint density at radius 2 is 2.11 bits per heavy atom. The number of nitrogens with zero attached hydrogens (tertiary/aromatic N) is 1. The Labute approximate surface area is 109 Å². The van der Waals surface area contributed by atoms with Crippen molar-refractivity contribution in [3.63, 3.8) is 0 Å². The van der Waals surface area contributed by atoms with Crippen molar-refractivity contribution < 1.29 is 14.7 Å². The van der Waals surface area contributed by atoms with Crippen LogP contribution in [0.25, 0.3) is 0 Å². The summed E-state index contributed by atoms with van der Waals surface area (Å²) in [6.45, 7) is 7.01. The van der Waals surface area contributed by atoms with Crippen molar-refractivity contribution >= 4 is 11.9 Å². The van der Waals surface area contributed by atoms with Gasteiger partial charge in [0, 0.05) is 19.5 Å². The van der Waals surface area contributed by atoms with E-state index in [0.29, 0.717) is 31.8 Å². The highest BCUT2D eigenvalue weighted by Crippen LogP contribution is 2.30. The van der Waals surface area contributed by atoms with Gasteiger partial charge in [0.1, 0.15) is 0 Å². The van der Waals surface area contributed by atoms with Crippen molar-refractivity contribution in [2.24, 2.45) is 11.3 Å². The molecule has 0 aliphatic carbocycles. The molecule has 0 aromatic heterocycles. The lowest BCUT2D eigenvalue weighted by atomic mass is 9.82. The number of piperidine rings is 1. The van der Waals surface area contributed by atoms with E-state index < -0.39 is 11.4 Å². The second-order valence-electron chi connectivity index (χ2n) is 5.88. The molecule has 2 unspecified atom stereocenters. The number of carboxylic acids is 1. The first-order chi connectivity index (χ1) is 8.39. The van der Waals surface area contributed by atoms with Gasteiger partial charge in [-0.1, -0.05) is 26.7 Å². The van der Waals surface area contributed by atoms with E-state index in [1.165, 1.54) is 0 Å². The SMILES string of the molecule is CCCC(C)CC(=O)N1CCCC(C)(C(=O)O)C1. The minimum absolute atomic E-state index is 0.114. The Balaban J connectivity index is 2.56. The fourth-order valence-corrected chi connectivity index (χ4v) is 2.65. The standard InChI is InChI=1S/C14H25NO3/c1-4-6-11(2)9-12(16)15-8-5-7-14(3,10-15)13(17)18/h11H,4-10H2,1-3H3,(H,17,18). The van der Waals surface area contributed by atoms with Crippen molar-refractivity contribution in [1.82, 2.24) is 4.90 Å². The summed E-state index contributed by atoms with van der Waals surface area (Å²) >= 11 is 0. The van der Waals surface area contributed by atoms with Crippen LogP contribution in [0.5, 0.6) is 0 Å². The van der Waals surface area contributed by atoms with Crippen LogP contribution >= 0.6 is 0 Å². The molecule has 1 aliphatic heterocycles. The topological polar surface area (TPSA) is 57.6 Å². The maximum absolute atomic E-state index is 12.1. The van der Waals surface area contributed by atoms with Gasteiger partial charge >= 0.3 is 5.97 Å². The maximum Gasteiger partial charge on any atom is 0.311 e. The predicted octanol–water partition coefficient (Wildman–Crippen LogP) is 2.53. The molecule has 1 heterocycles. The van der Waals surface area contributed by atoms with Gasteiger partial charge in [-0.05, 0) is 25.7 Å². The summed E-state index contributed by atoms with van der Waals surface area (Å²) in [5.74, 6) is -0.287. The zero-order valence-corrected chi connectivity index (χ0v) is 11.7. The van der Waals surface area contributed by atoms with E-state index in [2.05, 4.69) is 13.8 Å². The number of hydrogen-bond donors (Lipinski definition) is 1. The molecule has 1 N–H and O–H groups in total. The lowest BCUT2D eigenvalue weighted by molar-refractivity contribution is -0.153. The molecule has 1 amide bonds. The number of rotatable bonds is 5. The monoisotopic (exact) mass is 255 g/mol. The van der Waals surface area contributed by atoms with Gasteiger partial charge in [0.15, 0.2) is 0 Å². The molecular formula is C14H25NO3. The summed E-state index contributed by atoms with van der Waals surface area (Å²) < 4.78 is 0. The molecule has 1 aliphatic rings. The normalized spacial score (nSPS) is 25.8. The number of carbonyl (C=O) groups is 2. The Morgan fingerprint density at radius 3 is 2.67 bits per heavy atom. The third-order valence-electron chi connectivity index (χ3n) is 3.87. The van der Waals surface area contributed by atoms with Crippen LogP contribution < -0.4 is 0 Å². The van der Waals surface area contributed by atoms with Crippen LogP contribution in [0.15, 0.2) is 0 Å². The van der Waals surface area contributed by atoms with E-state index in [1.54, 1.807) is 11.8 Å². The van der Waals surface area contributed by atoms with Gasteiger partial charge in [-0.2, -0.15) is 0 Å². The minimum Gasteiger partial charge on any atom is -0.481 e. The highest BCUT2D eigenvalue weighted by molar-refractivity contribution is 5.79. The zero-order valence-electron chi connectivity index (χ0n) is 11.7. The highest BCUT2D eigenvalue weighted by Gasteiger charge is 2.39. The van der Waals surface area contributed by atoms with Crippen LogP contribution in [0.4, 0.5) is 0 Å². The van der Waals surface area contributed by atoms with Gasteiger partial charge in [0.2, 0.25) is 5.91 Å². The number of likely N-dealkylation sites (tertiary alicyclic amines) is 1. The summed E-state index contributed by atoms with van der Waals surface area (Å²) in [5, 5.41) is 9.23. The quantitative estimate of drug-likeness (QED) is 0.821. The lowest BCUT2D eigenvalue weighted by Gasteiger charge is -2.38. The summed E-state index contributed by atoms with van der Waals surface area (Å²) in [4.78, 5) is 25.1. The van der Waals surface area contributed by atoms with Crippen LogP contribution in [0.3, 0.4) is 0 Å². The second-order valence-corrected chi connectivity index (χ2v) is 5.88. The van der Waals surface area contributed by atoms with Gasteiger partial charge in [-0.3, -0.25) is 9.59 Å². The van der Waals surface area contributed by atoms with E-state index in [4.69, 9.17) is 0 Å². The van der Waals surface area contributed by atoms with Gasteiger partial charge in [0.25, 0.3) is 0 Å². The molecule has 2 atom stereocenters. The molecule has 0 spiro atoms. The van der Waals surface area contributed by atoms with Gasteiger partial charge < -0.3 is 10.0 Å². The Morgan fingerprint density at radius 1 is 1.44 bits per heavy atom. The molecular weight excluding hydrogens is 230 g/mol. The first kappa shape index (κ1) is 15.0. The zero-order chi connectivity index (χ0) is 13.8. The summed E-state index contributed by atoms with van der Waals surface area (Å²) in [6.07, 6.45) is 4.13. The van der Waals surface area contributed by atoms with E-state index in [1.807, 2.05) is 0 Å². The fourth-order valence-electron chi connectivity index (χ4n) is 2.65. The first-order valence-electron chi connectivity index (χ1n) is 6.90. The predicted molar refractivity (Wildman–Crippen MR) is 70.2 cm³/mol. The van der Waals surface area contributed by atoms with Crippen LogP contribution in [0.2, 0.25) is 0 Å². The molecule has 0 aromatic rings. The van der Waals surface area contributed by atoms with Gasteiger partial charge in [0.05, 0.1) is 5.41 Å². The number of hydrogen-bond acceptors (Lipinski definition) is 2. The molecule has 4 heteroatoms. The highest BCUT2D eigenvalue weighted by atomic mass is 16.4. The van der Waals surface area contributed by atoms with Gasteiger partial charge in [-0.25, -0.2) is 0 Å². The summed E-state index contributed by atoms with van der Waals surface area (Å²) in [5.41, 5.74) is -0.762. The number of amides is 1. The molecule has 1 rings (SSSR count). The third-order valence-corrected chi connectivity index (χ3v) is 3.87. The van der Waals surface area contributed by atoms with Crippen LogP contribution in [0.1, 0.15) is 52.9 Å². The molecule has 4 nitrogen and oxygen atoms in total. The van der Waals surface area contributed by atoms with E-state index >= 15 is 0 Å². The van der Waals surface area contributed by atoms with Crippen LogP contribution in [0, 0.1) is 11.3 Å². The molecule has 0 bridgehead atoms. The molecule has 18 heavy (non-hydrogen) atoms. The molecule has 0 saturated carbocycles. The second kappa shape index (κ2) is 6.21. The Kier molecular flexibility index (Phi) is 5.17. The smallest absolute Gasteiger partial charge is 0.311 e. The van der Waals surface area contributed by atoms with Crippen LogP contribution in [-0.2, 0) is 9.59 Å². The fraction of sp³-hybridized carbons (Fsp3) is 0.857. The minimum atomic E-state index is -0.790. The summed E-state index contributed by atoms with van der Waals surface area (Å²) in [7, 11) is 0. The van der Waals surface area contributed by atoms with E-state index in [0.717, 1.165) is 19.3 Å². The largest absolute Gasteiger partial charge is 0.481 e.